The Hall–Kier alpha value is -1.74. The summed E-state index contributed by atoms with van der Waals surface area (Å²) in [6.07, 6.45) is 7.18. The number of rotatable bonds is 5. The van der Waals surface area contributed by atoms with Crippen molar-refractivity contribution in [3.63, 3.8) is 0 Å². The highest BCUT2D eigenvalue weighted by molar-refractivity contribution is 5.43. The summed E-state index contributed by atoms with van der Waals surface area (Å²) in [6.45, 7) is 3.15. The molecule has 0 bridgehead atoms. The van der Waals surface area contributed by atoms with Gasteiger partial charge in [0.25, 0.3) is 0 Å². The highest BCUT2D eigenvalue weighted by atomic mass is 14.9. The van der Waals surface area contributed by atoms with Crippen LogP contribution in [0.25, 0.3) is 0 Å². The van der Waals surface area contributed by atoms with Crippen LogP contribution in [0.2, 0.25) is 0 Å². The number of nitrogens with one attached hydrogen (secondary N) is 1. The molecule has 0 saturated heterocycles. The van der Waals surface area contributed by atoms with Gasteiger partial charge in [0.05, 0.1) is 0 Å². The van der Waals surface area contributed by atoms with Gasteiger partial charge >= 0.3 is 0 Å². The van der Waals surface area contributed by atoms with Crippen molar-refractivity contribution in [3.05, 3.63) is 22.9 Å². The van der Waals surface area contributed by atoms with E-state index in [0.29, 0.717) is 0 Å². The number of unbranched alkanes of at least 4 members (excludes halogenated alkanes) is 1. The predicted octanol–water partition coefficient (Wildman–Crippen LogP) is 2.79. The third-order valence-electron chi connectivity index (χ3n) is 2.69. The molecule has 0 saturated carbocycles. The quantitative estimate of drug-likeness (QED) is 0.566. The van der Waals surface area contributed by atoms with Crippen molar-refractivity contribution in [3.8, 4) is 12.1 Å². The zero-order valence-corrected chi connectivity index (χ0v) is 9.71. The molecule has 1 rings (SSSR count). The minimum absolute atomic E-state index is 0.201. The van der Waals surface area contributed by atoms with Gasteiger partial charge in [0, 0.05) is 12.2 Å². The average molecular weight is 215 g/mol. The Kier molecular flexibility index (Phi) is 5.16. The molecule has 0 aromatic heterocycles. The summed E-state index contributed by atoms with van der Waals surface area (Å²) in [5, 5.41) is 20.8. The van der Waals surface area contributed by atoms with Gasteiger partial charge in [0.15, 0.2) is 0 Å². The van der Waals surface area contributed by atoms with Crippen molar-refractivity contribution in [2.75, 3.05) is 6.54 Å². The van der Waals surface area contributed by atoms with Gasteiger partial charge in [-0.1, -0.05) is 13.3 Å². The molecule has 0 unspecified atom stereocenters. The average Bonchev–Trinajstić information content (AvgIpc) is 2.74. The fraction of sp³-hybridized carbons (Fsp3) is 0.538. The van der Waals surface area contributed by atoms with E-state index < -0.39 is 0 Å². The van der Waals surface area contributed by atoms with Crippen LogP contribution in [0, 0.1) is 22.7 Å². The van der Waals surface area contributed by atoms with E-state index >= 15 is 0 Å². The smallest absolute Gasteiger partial charge is 0.130 e. The first-order valence-electron chi connectivity index (χ1n) is 5.79. The van der Waals surface area contributed by atoms with Gasteiger partial charge in [-0.15, -0.1) is 0 Å². The minimum Gasteiger partial charge on any atom is -0.388 e. The van der Waals surface area contributed by atoms with E-state index in [1.807, 2.05) is 12.1 Å². The lowest BCUT2D eigenvalue weighted by Crippen LogP contribution is -2.14. The van der Waals surface area contributed by atoms with E-state index in [4.69, 9.17) is 10.5 Å². The minimum atomic E-state index is 0.201. The van der Waals surface area contributed by atoms with Crippen molar-refractivity contribution in [2.24, 2.45) is 0 Å². The molecule has 0 heterocycles. The molecule has 0 aromatic rings. The zero-order valence-electron chi connectivity index (χ0n) is 9.71. The molecule has 0 radical (unpaired) electrons. The summed E-state index contributed by atoms with van der Waals surface area (Å²) >= 11 is 0. The first kappa shape index (κ1) is 12.3. The van der Waals surface area contributed by atoms with Gasteiger partial charge in [-0.25, -0.2) is 0 Å². The number of nitriles is 2. The second-order valence-corrected chi connectivity index (χ2v) is 3.92. The maximum Gasteiger partial charge on any atom is 0.130 e. The topological polar surface area (TPSA) is 59.6 Å². The van der Waals surface area contributed by atoms with Crippen molar-refractivity contribution < 1.29 is 0 Å². The van der Waals surface area contributed by atoms with Crippen LogP contribution in [-0.4, -0.2) is 6.54 Å². The molecule has 1 aliphatic rings. The Morgan fingerprint density at radius 2 is 2.12 bits per heavy atom. The van der Waals surface area contributed by atoms with Crippen LogP contribution >= 0.6 is 0 Å². The third kappa shape index (κ3) is 3.44. The van der Waals surface area contributed by atoms with Crippen molar-refractivity contribution >= 4 is 0 Å². The molecule has 0 amide bonds. The summed E-state index contributed by atoms with van der Waals surface area (Å²) < 4.78 is 0. The molecule has 0 aliphatic heterocycles. The van der Waals surface area contributed by atoms with Gasteiger partial charge in [-0.2, -0.15) is 10.5 Å². The number of nitrogens with zero attached hydrogens (tertiary/aromatic N) is 2. The second kappa shape index (κ2) is 6.69. The Labute approximate surface area is 97.1 Å². The Balaban J connectivity index is 2.69. The first-order chi connectivity index (χ1) is 7.81. The summed E-state index contributed by atoms with van der Waals surface area (Å²) in [5.41, 5.74) is 2.55. The van der Waals surface area contributed by atoms with Crippen LogP contribution in [0.3, 0.4) is 0 Å². The molecule has 3 nitrogen and oxygen atoms in total. The molecular formula is C13H17N3. The molecule has 0 spiro atoms. The van der Waals surface area contributed by atoms with Crippen LogP contribution in [0.4, 0.5) is 0 Å². The molecule has 84 valence electrons. The summed E-state index contributed by atoms with van der Waals surface area (Å²) in [7, 11) is 0. The van der Waals surface area contributed by atoms with Gasteiger partial charge in [0.1, 0.15) is 17.7 Å². The second-order valence-electron chi connectivity index (χ2n) is 3.92. The fourth-order valence-electron chi connectivity index (χ4n) is 1.81. The fourth-order valence-corrected chi connectivity index (χ4v) is 1.81. The SMILES string of the molecule is CCCCNC1=C(C=C(C#N)C#N)CCC1. The van der Waals surface area contributed by atoms with Crippen LogP contribution in [0.5, 0.6) is 0 Å². The molecule has 0 fully saturated rings. The van der Waals surface area contributed by atoms with Gasteiger partial charge < -0.3 is 5.32 Å². The normalized spacial score (nSPS) is 14.2. The van der Waals surface area contributed by atoms with Crippen LogP contribution in [-0.2, 0) is 0 Å². The van der Waals surface area contributed by atoms with E-state index in [2.05, 4.69) is 12.2 Å². The lowest BCUT2D eigenvalue weighted by molar-refractivity contribution is 0.691. The molecule has 1 aliphatic carbocycles. The van der Waals surface area contributed by atoms with E-state index in [1.165, 1.54) is 12.1 Å². The van der Waals surface area contributed by atoms with Crippen LogP contribution < -0.4 is 5.32 Å². The summed E-state index contributed by atoms with van der Waals surface area (Å²) in [6, 6.07) is 3.81. The maximum atomic E-state index is 8.70. The van der Waals surface area contributed by atoms with Crippen molar-refractivity contribution in [2.45, 2.75) is 39.0 Å². The number of hydrogen-bond acceptors (Lipinski definition) is 3. The lowest BCUT2D eigenvalue weighted by atomic mass is 10.1. The molecule has 3 heteroatoms. The monoisotopic (exact) mass is 215 g/mol. The van der Waals surface area contributed by atoms with Gasteiger partial charge in [-0.3, -0.25) is 0 Å². The summed E-state index contributed by atoms with van der Waals surface area (Å²) in [4.78, 5) is 0. The summed E-state index contributed by atoms with van der Waals surface area (Å²) in [5.74, 6) is 0. The van der Waals surface area contributed by atoms with Gasteiger partial charge in [0.2, 0.25) is 0 Å². The molecule has 16 heavy (non-hydrogen) atoms. The maximum absolute atomic E-state index is 8.70. The standard InChI is InChI=1S/C13H17N3/c1-2-3-7-16-13-6-4-5-12(13)8-11(9-14)10-15/h8,16H,2-7H2,1H3. The lowest BCUT2D eigenvalue weighted by Gasteiger charge is -2.07. The highest BCUT2D eigenvalue weighted by Gasteiger charge is 2.12. The van der Waals surface area contributed by atoms with Crippen molar-refractivity contribution in [1.82, 2.24) is 5.32 Å². The number of hydrogen-bond donors (Lipinski definition) is 1. The van der Waals surface area contributed by atoms with E-state index in [0.717, 1.165) is 37.8 Å². The molecular weight excluding hydrogens is 198 g/mol. The van der Waals surface area contributed by atoms with E-state index in [-0.39, 0.29) is 5.57 Å². The zero-order chi connectivity index (χ0) is 11.8. The molecule has 1 N–H and O–H groups in total. The largest absolute Gasteiger partial charge is 0.388 e. The Morgan fingerprint density at radius 1 is 1.38 bits per heavy atom. The number of allylic oxidation sites excluding steroid dienone is 4. The van der Waals surface area contributed by atoms with Crippen LogP contribution in [0.15, 0.2) is 22.9 Å². The third-order valence-corrected chi connectivity index (χ3v) is 2.69. The predicted molar refractivity (Wildman–Crippen MR) is 63.1 cm³/mol. The van der Waals surface area contributed by atoms with Crippen molar-refractivity contribution in [1.29, 1.82) is 10.5 Å². The van der Waals surface area contributed by atoms with E-state index in [1.54, 1.807) is 6.08 Å². The Morgan fingerprint density at radius 3 is 2.75 bits per heavy atom. The van der Waals surface area contributed by atoms with Gasteiger partial charge in [-0.05, 0) is 37.3 Å². The Bertz CT molecular complexity index is 361. The highest BCUT2D eigenvalue weighted by Crippen LogP contribution is 2.25. The van der Waals surface area contributed by atoms with E-state index in [9.17, 15) is 0 Å². The molecule has 0 atom stereocenters. The van der Waals surface area contributed by atoms with Crippen LogP contribution in [0.1, 0.15) is 39.0 Å². The molecule has 0 aromatic carbocycles. The first-order valence-corrected chi connectivity index (χ1v) is 5.79.